The van der Waals surface area contributed by atoms with Crippen molar-refractivity contribution < 1.29 is 9.47 Å². The lowest BCUT2D eigenvalue weighted by atomic mass is 10.1. The molecule has 12 nitrogen and oxygen atoms in total. The molecule has 5 rings (SSSR count). The number of nitrogens with two attached hydrogens (primary N) is 1. The summed E-state index contributed by atoms with van der Waals surface area (Å²) in [6, 6.07) is 9.66. The van der Waals surface area contributed by atoms with Gasteiger partial charge in [-0.25, -0.2) is 4.52 Å². The van der Waals surface area contributed by atoms with E-state index in [2.05, 4.69) is 35.9 Å². The molecule has 4 heterocycles. The van der Waals surface area contributed by atoms with E-state index in [-0.39, 0.29) is 11.8 Å². The summed E-state index contributed by atoms with van der Waals surface area (Å²) in [7, 11) is 0. The summed E-state index contributed by atoms with van der Waals surface area (Å²) < 4.78 is 15.1. The van der Waals surface area contributed by atoms with Gasteiger partial charge in [0.25, 0.3) is 5.90 Å². The maximum atomic E-state index is 6.89. The first-order chi connectivity index (χ1) is 16.0. The van der Waals surface area contributed by atoms with Gasteiger partial charge < -0.3 is 14.8 Å². The Balaban J connectivity index is 1.63. The van der Waals surface area contributed by atoms with Crippen LogP contribution in [0.2, 0.25) is 0 Å². The van der Waals surface area contributed by atoms with Crippen molar-refractivity contribution in [2.45, 2.75) is 39.3 Å². The molecule has 0 saturated heterocycles. The molecule has 4 aromatic rings. The van der Waals surface area contributed by atoms with Crippen LogP contribution in [-0.2, 0) is 10.4 Å². The van der Waals surface area contributed by atoms with Crippen LogP contribution in [0.25, 0.3) is 17.0 Å². The Kier molecular flexibility index (Phi) is 5.01. The number of hydrogen-bond acceptors (Lipinski definition) is 9. The van der Waals surface area contributed by atoms with Gasteiger partial charge in [-0.3, -0.25) is 10.8 Å². The summed E-state index contributed by atoms with van der Waals surface area (Å²) in [4.78, 5) is 0. The van der Waals surface area contributed by atoms with Gasteiger partial charge in [-0.1, -0.05) is 44.2 Å². The van der Waals surface area contributed by atoms with Gasteiger partial charge in [0.2, 0.25) is 23.0 Å². The van der Waals surface area contributed by atoms with Crippen LogP contribution in [0.1, 0.15) is 45.3 Å². The van der Waals surface area contributed by atoms with Crippen molar-refractivity contribution in [2.75, 3.05) is 18.5 Å². The van der Waals surface area contributed by atoms with E-state index in [1.54, 1.807) is 9.19 Å². The second kappa shape index (κ2) is 7.89. The molecule has 33 heavy (non-hydrogen) atoms. The zero-order chi connectivity index (χ0) is 23.2. The third kappa shape index (κ3) is 3.21. The largest absolute Gasteiger partial charge is 0.477 e. The van der Waals surface area contributed by atoms with Crippen molar-refractivity contribution in [3.05, 3.63) is 42.0 Å². The number of fused-ring (bicyclic) bond motifs is 2. The molecular formula is C21H26N10O2. The van der Waals surface area contributed by atoms with Crippen molar-refractivity contribution in [2.24, 2.45) is 10.8 Å². The number of hydrogen-bond donors (Lipinski definition) is 3. The molecule has 3 aromatic heterocycles. The summed E-state index contributed by atoms with van der Waals surface area (Å²) in [5, 5.41) is 28.5. The Hall–Kier alpha value is -3.93. The second-order valence-electron chi connectivity index (χ2n) is 7.92. The van der Waals surface area contributed by atoms with E-state index in [9.17, 15) is 0 Å². The molecule has 172 valence electrons. The Bertz CT molecular complexity index is 1320. The van der Waals surface area contributed by atoms with Crippen LogP contribution in [0.15, 0.2) is 35.4 Å². The summed E-state index contributed by atoms with van der Waals surface area (Å²) >= 11 is 0. The second-order valence-corrected chi connectivity index (χ2v) is 7.92. The van der Waals surface area contributed by atoms with E-state index in [4.69, 9.17) is 15.2 Å². The van der Waals surface area contributed by atoms with Gasteiger partial charge >= 0.3 is 0 Å². The van der Waals surface area contributed by atoms with Gasteiger partial charge in [-0.05, 0) is 13.8 Å². The standard InChI is InChI=1S/C21H26N10O2/c1-5-32-18-14(17-26-24-15(12(3)4)30(17)28-18)23-21(22)19-27-25-16(13-10-8-7-9-11-13)31(19)29-20(21)33-6-2/h7-12,23,28H,5-6,22H2,1-4H3. The molecule has 12 heteroatoms. The summed E-state index contributed by atoms with van der Waals surface area (Å²) in [6.45, 7) is 8.68. The average Bonchev–Trinajstić information content (AvgIpc) is 3.53. The smallest absolute Gasteiger partial charge is 0.256 e. The first-order valence-corrected chi connectivity index (χ1v) is 10.9. The number of H-pyrrole nitrogens is 1. The first kappa shape index (κ1) is 20.9. The fraction of sp³-hybridized carbons (Fsp3) is 0.381. The van der Waals surface area contributed by atoms with Gasteiger partial charge in [0.1, 0.15) is 5.69 Å². The predicted molar refractivity (Wildman–Crippen MR) is 122 cm³/mol. The molecule has 4 N–H and O–H groups in total. The number of nitrogens with one attached hydrogen (secondary N) is 2. The normalized spacial score (nSPS) is 17.5. The Labute approximate surface area is 189 Å². The quantitative estimate of drug-likeness (QED) is 0.364. The highest BCUT2D eigenvalue weighted by Crippen LogP contribution is 2.37. The molecule has 1 aliphatic heterocycles. The van der Waals surface area contributed by atoms with E-state index in [0.29, 0.717) is 42.1 Å². The molecule has 0 saturated carbocycles. The Morgan fingerprint density at radius 2 is 1.82 bits per heavy atom. The van der Waals surface area contributed by atoms with E-state index in [1.807, 2.05) is 58.0 Å². The number of aromatic nitrogens is 7. The molecule has 0 amide bonds. The number of nitrogens with zero attached hydrogens (tertiary/aromatic N) is 7. The lowest BCUT2D eigenvalue weighted by molar-refractivity contribution is 0.297. The van der Waals surface area contributed by atoms with Crippen molar-refractivity contribution in [1.82, 2.24) is 34.7 Å². The number of rotatable bonds is 7. The van der Waals surface area contributed by atoms with Crippen LogP contribution in [0.4, 0.5) is 5.69 Å². The van der Waals surface area contributed by atoms with Crippen LogP contribution in [-0.4, -0.2) is 53.8 Å². The summed E-state index contributed by atoms with van der Waals surface area (Å²) in [6.07, 6.45) is 0. The molecule has 0 bridgehead atoms. The maximum absolute atomic E-state index is 6.89. The minimum atomic E-state index is -1.41. The van der Waals surface area contributed by atoms with Crippen LogP contribution in [0, 0.1) is 0 Å². The predicted octanol–water partition coefficient (Wildman–Crippen LogP) is 2.27. The fourth-order valence-electron chi connectivity index (χ4n) is 3.80. The van der Waals surface area contributed by atoms with Crippen LogP contribution < -0.4 is 15.8 Å². The third-order valence-electron chi connectivity index (χ3n) is 5.31. The van der Waals surface area contributed by atoms with Crippen LogP contribution >= 0.6 is 0 Å². The van der Waals surface area contributed by atoms with Crippen molar-refractivity contribution >= 4 is 17.2 Å². The molecule has 1 aromatic carbocycles. The molecule has 0 fully saturated rings. The van der Waals surface area contributed by atoms with Gasteiger partial charge in [-0.2, -0.15) is 4.68 Å². The van der Waals surface area contributed by atoms with Gasteiger partial charge in [-0.15, -0.1) is 25.5 Å². The highest BCUT2D eigenvalue weighted by Gasteiger charge is 2.48. The number of anilines is 1. The van der Waals surface area contributed by atoms with E-state index in [1.165, 1.54) is 0 Å². The maximum Gasteiger partial charge on any atom is 0.256 e. The third-order valence-corrected chi connectivity index (χ3v) is 5.31. The topological polar surface area (TPSA) is 146 Å². The lowest BCUT2D eigenvalue weighted by Crippen LogP contribution is -2.51. The van der Waals surface area contributed by atoms with E-state index < -0.39 is 5.66 Å². The Morgan fingerprint density at radius 1 is 1.06 bits per heavy atom. The highest BCUT2D eigenvalue weighted by molar-refractivity contribution is 5.93. The molecule has 1 unspecified atom stereocenters. The van der Waals surface area contributed by atoms with Gasteiger partial charge in [0.05, 0.1) is 13.2 Å². The fourth-order valence-corrected chi connectivity index (χ4v) is 3.80. The molecule has 1 aliphatic rings. The molecule has 0 radical (unpaired) electrons. The number of aromatic amines is 1. The number of ether oxygens (including phenoxy) is 2. The monoisotopic (exact) mass is 450 g/mol. The molecule has 0 aliphatic carbocycles. The Morgan fingerprint density at radius 3 is 2.52 bits per heavy atom. The lowest BCUT2D eigenvalue weighted by Gasteiger charge is -2.25. The first-order valence-electron chi connectivity index (χ1n) is 10.9. The van der Waals surface area contributed by atoms with Gasteiger partial charge in [0.15, 0.2) is 11.6 Å². The summed E-state index contributed by atoms with van der Waals surface area (Å²) in [5.74, 6) is 2.60. The highest BCUT2D eigenvalue weighted by atomic mass is 16.5. The molecular weight excluding hydrogens is 424 g/mol. The molecule has 0 spiro atoms. The van der Waals surface area contributed by atoms with Crippen molar-refractivity contribution in [1.29, 1.82) is 0 Å². The van der Waals surface area contributed by atoms with Crippen molar-refractivity contribution in [3.8, 4) is 17.3 Å². The van der Waals surface area contributed by atoms with Crippen LogP contribution in [0.5, 0.6) is 5.88 Å². The minimum Gasteiger partial charge on any atom is -0.477 e. The van der Waals surface area contributed by atoms with E-state index in [0.717, 1.165) is 11.4 Å². The minimum absolute atomic E-state index is 0.149. The zero-order valence-electron chi connectivity index (χ0n) is 18.9. The zero-order valence-corrected chi connectivity index (χ0v) is 18.9. The van der Waals surface area contributed by atoms with Crippen LogP contribution in [0.3, 0.4) is 0 Å². The average molecular weight is 451 g/mol. The SMILES string of the molecule is CCOC1=Nn2c(-c3ccccc3)nnc2C1(N)Nc1c(OCC)[nH]n2c(C(C)C)nnc12. The van der Waals surface area contributed by atoms with Crippen molar-refractivity contribution in [3.63, 3.8) is 0 Å². The molecule has 1 atom stereocenters. The number of benzene rings is 1. The summed E-state index contributed by atoms with van der Waals surface area (Å²) in [5.41, 5.74) is 7.42. The van der Waals surface area contributed by atoms with E-state index >= 15 is 0 Å². The van der Waals surface area contributed by atoms with Gasteiger partial charge in [0, 0.05) is 11.5 Å².